The van der Waals surface area contributed by atoms with Crippen molar-refractivity contribution in [1.82, 2.24) is 9.66 Å². The second kappa shape index (κ2) is 7.48. The summed E-state index contributed by atoms with van der Waals surface area (Å²) in [5, 5.41) is 0.789. The molecule has 0 saturated carbocycles. The van der Waals surface area contributed by atoms with E-state index in [1.165, 1.54) is 18.2 Å². The SMILES string of the molecule is Cc1ccc2nc(-c3cccc(Cl)c3)n(NC(=O)c3ccccc3F)c(=O)c2c1. The van der Waals surface area contributed by atoms with Crippen LogP contribution in [0.25, 0.3) is 22.3 Å². The molecule has 7 heteroatoms. The average Bonchev–Trinajstić information content (AvgIpc) is 2.70. The summed E-state index contributed by atoms with van der Waals surface area (Å²) in [6, 6.07) is 17.6. The molecule has 0 spiro atoms. The molecule has 1 aromatic heterocycles. The maximum absolute atomic E-state index is 14.0. The van der Waals surface area contributed by atoms with Gasteiger partial charge in [0, 0.05) is 10.6 Å². The van der Waals surface area contributed by atoms with E-state index in [-0.39, 0.29) is 11.4 Å². The fraction of sp³-hybridized carbons (Fsp3) is 0.0455. The zero-order valence-electron chi connectivity index (χ0n) is 15.3. The van der Waals surface area contributed by atoms with Gasteiger partial charge in [0.1, 0.15) is 5.82 Å². The summed E-state index contributed by atoms with van der Waals surface area (Å²) in [5.41, 5.74) is 3.72. The number of nitrogens with zero attached hydrogens (tertiary/aromatic N) is 2. The lowest BCUT2D eigenvalue weighted by Crippen LogP contribution is -2.35. The predicted octanol–water partition coefficient (Wildman–Crippen LogP) is 4.55. The van der Waals surface area contributed by atoms with E-state index in [4.69, 9.17) is 11.6 Å². The molecule has 144 valence electrons. The Balaban J connectivity index is 1.94. The average molecular weight is 408 g/mol. The molecule has 29 heavy (non-hydrogen) atoms. The minimum absolute atomic E-state index is 0.180. The van der Waals surface area contributed by atoms with E-state index >= 15 is 0 Å². The van der Waals surface area contributed by atoms with Gasteiger partial charge in [-0.15, -0.1) is 0 Å². The van der Waals surface area contributed by atoms with Crippen LogP contribution in [-0.2, 0) is 0 Å². The van der Waals surface area contributed by atoms with Crippen LogP contribution in [0.15, 0.2) is 71.5 Å². The summed E-state index contributed by atoms with van der Waals surface area (Å²) < 4.78 is 15.1. The Morgan fingerprint density at radius 1 is 1.07 bits per heavy atom. The fourth-order valence-electron chi connectivity index (χ4n) is 3.03. The number of hydrogen-bond acceptors (Lipinski definition) is 3. The van der Waals surface area contributed by atoms with Gasteiger partial charge in [0.05, 0.1) is 16.5 Å². The summed E-state index contributed by atoms with van der Waals surface area (Å²) in [5.74, 6) is -1.26. The first-order valence-electron chi connectivity index (χ1n) is 8.79. The first kappa shape index (κ1) is 18.8. The van der Waals surface area contributed by atoms with Crippen molar-refractivity contribution in [1.29, 1.82) is 0 Å². The number of nitrogens with one attached hydrogen (secondary N) is 1. The lowest BCUT2D eigenvalue weighted by Gasteiger charge is -2.15. The highest BCUT2D eigenvalue weighted by Gasteiger charge is 2.18. The molecule has 5 nitrogen and oxygen atoms in total. The van der Waals surface area contributed by atoms with Crippen molar-refractivity contribution in [3.63, 3.8) is 0 Å². The minimum atomic E-state index is -0.762. The molecule has 0 aliphatic heterocycles. The van der Waals surface area contributed by atoms with Gasteiger partial charge in [-0.25, -0.2) is 9.37 Å². The molecule has 3 aromatic carbocycles. The lowest BCUT2D eigenvalue weighted by atomic mass is 10.1. The maximum atomic E-state index is 14.0. The van der Waals surface area contributed by atoms with Gasteiger partial charge < -0.3 is 0 Å². The van der Waals surface area contributed by atoms with Gasteiger partial charge in [-0.2, -0.15) is 4.68 Å². The minimum Gasteiger partial charge on any atom is -0.267 e. The van der Waals surface area contributed by atoms with Crippen molar-refractivity contribution < 1.29 is 9.18 Å². The van der Waals surface area contributed by atoms with Gasteiger partial charge in [-0.05, 0) is 43.3 Å². The lowest BCUT2D eigenvalue weighted by molar-refractivity contribution is 0.100. The van der Waals surface area contributed by atoms with Crippen molar-refractivity contribution in [2.75, 3.05) is 5.43 Å². The predicted molar refractivity (Wildman–Crippen MR) is 111 cm³/mol. The van der Waals surface area contributed by atoms with E-state index in [1.807, 2.05) is 13.0 Å². The van der Waals surface area contributed by atoms with Gasteiger partial charge in [0.15, 0.2) is 5.82 Å². The molecule has 4 aromatic rings. The molecule has 1 N–H and O–H groups in total. The van der Waals surface area contributed by atoms with Crippen LogP contribution in [0.5, 0.6) is 0 Å². The third-order valence-electron chi connectivity index (χ3n) is 4.44. The number of carbonyl (C=O) groups is 1. The molecule has 1 heterocycles. The summed E-state index contributed by atoms with van der Waals surface area (Å²) in [6.07, 6.45) is 0. The number of carbonyl (C=O) groups excluding carboxylic acids is 1. The topological polar surface area (TPSA) is 64.0 Å². The van der Waals surface area contributed by atoms with Gasteiger partial charge in [-0.3, -0.25) is 15.0 Å². The smallest absolute Gasteiger partial charge is 0.267 e. The van der Waals surface area contributed by atoms with E-state index in [1.54, 1.807) is 42.5 Å². The maximum Gasteiger partial charge on any atom is 0.280 e. The van der Waals surface area contributed by atoms with Crippen LogP contribution in [0, 0.1) is 12.7 Å². The molecule has 0 fully saturated rings. The molecule has 0 aliphatic rings. The number of amides is 1. The monoisotopic (exact) mass is 407 g/mol. The van der Waals surface area contributed by atoms with Crippen LogP contribution in [0.3, 0.4) is 0 Å². The number of halogens is 2. The highest BCUT2D eigenvalue weighted by atomic mass is 35.5. The fourth-order valence-corrected chi connectivity index (χ4v) is 3.22. The molecular weight excluding hydrogens is 393 g/mol. The van der Waals surface area contributed by atoms with Gasteiger partial charge in [0.25, 0.3) is 11.5 Å². The number of hydrogen-bond donors (Lipinski definition) is 1. The number of aromatic nitrogens is 2. The number of benzene rings is 3. The van der Waals surface area contributed by atoms with Crippen LogP contribution in [-0.4, -0.2) is 15.6 Å². The Morgan fingerprint density at radius 2 is 1.86 bits per heavy atom. The Labute approximate surface area is 170 Å². The summed E-state index contributed by atoms with van der Waals surface area (Å²) in [7, 11) is 0. The highest BCUT2D eigenvalue weighted by Crippen LogP contribution is 2.22. The van der Waals surface area contributed by atoms with Crippen LogP contribution >= 0.6 is 11.6 Å². The second-order valence-corrected chi connectivity index (χ2v) is 6.96. The van der Waals surface area contributed by atoms with Crippen molar-refractivity contribution in [3.8, 4) is 11.4 Å². The van der Waals surface area contributed by atoms with Crippen LogP contribution in [0.4, 0.5) is 4.39 Å². The number of rotatable bonds is 3. The van der Waals surface area contributed by atoms with Gasteiger partial charge in [-0.1, -0.05) is 47.5 Å². The third kappa shape index (κ3) is 3.62. The zero-order valence-corrected chi connectivity index (χ0v) is 16.1. The molecule has 0 saturated heterocycles. The van der Waals surface area contributed by atoms with Crippen molar-refractivity contribution in [3.05, 3.63) is 99.1 Å². The molecule has 4 rings (SSSR count). The van der Waals surface area contributed by atoms with Crippen LogP contribution in [0.1, 0.15) is 15.9 Å². The number of fused-ring (bicyclic) bond motifs is 1. The van der Waals surface area contributed by atoms with Crippen molar-refractivity contribution in [2.24, 2.45) is 0 Å². The van der Waals surface area contributed by atoms with E-state index in [9.17, 15) is 14.0 Å². The van der Waals surface area contributed by atoms with E-state index in [2.05, 4.69) is 10.4 Å². The van der Waals surface area contributed by atoms with E-state index < -0.39 is 17.3 Å². The largest absolute Gasteiger partial charge is 0.280 e. The Kier molecular flexibility index (Phi) is 4.86. The van der Waals surface area contributed by atoms with E-state index in [0.29, 0.717) is 21.5 Å². The second-order valence-electron chi connectivity index (χ2n) is 6.53. The van der Waals surface area contributed by atoms with Crippen LogP contribution < -0.4 is 11.0 Å². The van der Waals surface area contributed by atoms with Gasteiger partial charge in [0.2, 0.25) is 0 Å². The Hall–Kier alpha value is -3.51. The van der Waals surface area contributed by atoms with Crippen molar-refractivity contribution >= 4 is 28.4 Å². The quantitative estimate of drug-likeness (QED) is 0.542. The molecule has 0 atom stereocenters. The highest BCUT2D eigenvalue weighted by molar-refractivity contribution is 6.30. The molecule has 0 bridgehead atoms. The number of aryl methyl sites for hydroxylation is 1. The molecular formula is C22H15ClFN3O2. The standard InChI is InChI=1S/C22H15ClFN3O2/c1-13-9-10-19-17(11-13)22(29)27(20(25-19)14-5-4-6-15(23)12-14)26-21(28)16-7-2-3-8-18(16)24/h2-12H,1H3,(H,26,28). The van der Waals surface area contributed by atoms with Crippen molar-refractivity contribution in [2.45, 2.75) is 6.92 Å². The normalized spacial score (nSPS) is 10.9. The Bertz CT molecular complexity index is 1320. The molecule has 1 amide bonds. The molecule has 0 aliphatic carbocycles. The summed E-state index contributed by atoms with van der Waals surface area (Å²) in [4.78, 5) is 30.4. The molecule has 0 radical (unpaired) electrons. The molecule has 0 unspecified atom stereocenters. The van der Waals surface area contributed by atoms with E-state index in [0.717, 1.165) is 10.2 Å². The van der Waals surface area contributed by atoms with Crippen LogP contribution in [0.2, 0.25) is 5.02 Å². The first-order valence-corrected chi connectivity index (χ1v) is 9.17. The third-order valence-corrected chi connectivity index (χ3v) is 4.67. The first-order chi connectivity index (χ1) is 13.9. The van der Waals surface area contributed by atoms with Gasteiger partial charge >= 0.3 is 0 Å². The Morgan fingerprint density at radius 3 is 2.62 bits per heavy atom. The summed E-state index contributed by atoms with van der Waals surface area (Å²) in [6.45, 7) is 1.85. The zero-order chi connectivity index (χ0) is 20.5. The summed E-state index contributed by atoms with van der Waals surface area (Å²) >= 11 is 6.10.